The fraction of sp³-hybridized carbons (Fsp3) is 0.625. The lowest BCUT2D eigenvalue weighted by Gasteiger charge is -2.36. The first-order valence-electron chi connectivity index (χ1n) is 8.32. The number of carbonyl (C=O) groups is 1. The van der Waals surface area contributed by atoms with E-state index >= 15 is 0 Å². The summed E-state index contributed by atoms with van der Waals surface area (Å²) in [6.45, 7) is 5.69. The predicted octanol–water partition coefficient (Wildman–Crippen LogP) is 2.55. The molecule has 9 nitrogen and oxygen atoms in total. The van der Waals surface area contributed by atoms with E-state index in [0.717, 1.165) is 31.2 Å². The lowest BCUT2D eigenvalue weighted by molar-refractivity contribution is -0.385. The largest absolute Gasteiger partial charge is 0.444 e. The standard InChI is InChI=1S/C16H23N3O6S/c1-16(2,3)25-15(20)18-9-5-4-6-13(18)11-26(23,24)14-8-7-12(10-17-14)19(21)22/h7-8,10,13H,4-6,9,11H2,1-3H3/t13-/m1/s1. The zero-order chi connectivity index (χ0) is 19.5. The van der Waals surface area contributed by atoms with Gasteiger partial charge in [0.15, 0.2) is 14.9 Å². The number of rotatable bonds is 4. The highest BCUT2D eigenvalue weighted by molar-refractivity contribution is 7.91. The average molecular weight is 385 g/mol. The quantitative estimate of drug-likeness (QED) is 0.577. The van der Waals surface area contributed by atoms with E-state index in [9.17, 15) is 23.3 Å². The molecule has 2 rings (SSSR count). The highest BCUT2D eigenvalue weighted by Gasteiger charge is 2.34. The van der Waals surface area contributed by atoms with Crippen molar-refractivity contribution in [1.82, 2.24) is 9.88 Å². The summed E-state index contributed by atoms with van der Waals surface area (Å²) in [7, 11) is -3.80. The summed E-state index contributed by atoms with van der Waals surface area (Å²) in [5, 5.41) is 10.4. The topological polar surface area (TPSA) is 120 Å². The second-order valence-electron chi connectivity index (χ2n) is 7.22. The minimum Gasteiger partial charge on any atom is -0.444 e. The molecule has 0 radical (unpaired) electrons. The molecule has 1 aliphatic heterocycles. The number of aromatic nitrogens is 1. The first-order chi connectivity index (χ1) is 12.0. The van der Waals surface area contributed by atoms with Gasteiger partial charge in [-0.2, -0.15) is 0 Å². The molecule has 0 saturated carbocycles. The third-order valence-corrected chi connectivity index (χ3v) is 5.62. The zero-order valence-electron chi connectivity index (χ0n) is 15.0. The molecule has 0 aliphatic carbocycles. The Kier molecular flexibility index (Phi) is 5.84. The van der Waals surface area contributed by atoms with Gasteiger partial charge in [0, 0.05) is 18.7 Å². The van der Waals surface area contributed by atoms with Gasteiger partial charge in [0.05, 0.1) is 10.7 Å². The van der Waals surface area contributed by atoms with Crippen molar-refractivity contribution in [2.75, 3.05) is 12.3 Å². The van der Waals surface area contributed by atoms with E-state index in [0.29, 0.717) is 13.0 Å². The normalized spacial score (nSPS) is 18.4. The SMILES string of the molecule is CC(C)(C)OC(=O)N1CCCC[C@@H]1CS(=O)(=O)c1ccc([N+](=O)[O-])cn1. The number of hydrogen-bond donors (Lipinski definition) is 0. The Bertz CT molecular complexity index is 770. The third kappa shape index (κ3) is 5.13. The molecule has 1 aliphatic rings. The second kappa shape index (κ2) is 7.56. The molecule has 10 heteroatoms. The Hall–Kier alpha value is -2.23. The van der Waals surface area contributed by atoms with E-state index in [-0.39, 0.29) is 16.5 Å². The van der Waals surface area contributed by atoms with E-state index in [4.69, 9.17) is 4.74 Å². The number of ether oxygens (including phenoxy) is 1. The smallest absolute Gasteiger partial charge is 0.410 e. The number of likely N-dealkylation sites (tertiary alicyclic amines) is 1. The van der Waals surface area contributed by atoms with Gasteiger partial charge >= 0.3 is 6.09 Å². The van der Waals surface area contributed by atoms with Gasteiger partial charge in [0.1, 0.15) is 11.8 Å². The first kappa shape index (κ1) is 20.1. The van der Waals surface area contributed by atoms with Crippen molar-refractivity contribution in [1.29, 1.82) is 0 Å². The zero-order valence-corrected chi connectivity index (χ0v) is 15.9. The van der Waals surface area contributed by atoms with Gasteiger partial charge in [-0.25, -0.2) is 18.2 Å². The van der Waals surface area contributed by atoms with Gasteiger partial charge in [-0.3, -0.25) is 10.1 Å². The van der Waals surface area contributed by atoms with Gasteiger partial charge in [-0.1, -0.05) is 0 Å². The van der Waals surface area contributed by atoms with Crippen molar-refractivity contribution in [3.63, 3.8) is 0 Å². The molecule has 1 saturated heterocycles. The van der Waals surface area contributed by atoms with Gasteiger partial charge in [-0.15, -0.1) is 0 Å². The van der Waals surface area contributed by atoms with Crippen LogP contribution in [0.4, 0.5) is 10.5 Å². The van der Waals surface area contributed by atoms with E-state index in [1.165, 1.54) is 4.90 Å². The number of piperidine rings is 1. The van der Waals surface area contributed by atoms with E-state index in [1.807, 2.05) is 0 Å². The van der Waals surface area contributed by atoms with Crippen LogP contribution in [0, 0.1) is 10.1 Å². The minimum absolute atomic E-state index is 0.238. The number of nitro groups is 1. The monoisotopic (exact) mass is 385 g/mol. The minimum atomic E-state index is -3.80. The number of hydrogen-bond acceptors (Lipinski definition) is 7. The Morgan fingerprint density at radius 1 is 1.38 bits per heavy atom. The van der Waals surface area contributed by atoms with Gasteiger partial charge < -0.3 is 9.64 Å². The summed E-state index contributed by atoms with van der Waals surface area (Å²) in [5.41, 5.74) is -0.949. The van der Waals surface area contributed by atoms with Crippen LogP contribution in [0.5, 0.6) is 0 Å². The van der Waals surface area contributed by atoms with Gasteiger partial charge in [0.2, 0.25) is 0 Å². The maximum absolute atomic E-state index is 12.6. The Labute approximate surface area is 152 Å². The van der Waals surface area contributed by atoms with Crippen LogP contribution in [0.25, 0.3) is 0 Å². The molecule has 1 aromatic rings. The van der Waals surface area contributed by atoms with Crippen LogP contribution < -0.4 is 0 Å². The summed E-state index contributed by atoms with van der Waals surface area (Å²) < 4.78 is 30.6. The van der Waals surface area contributed by atoms with Crippen molar-refractivity contribution >= 4 is 21.6 Å². The number of nitrogens with zero attached hydrogens (tertiary/aromatic N) is 3. The van der Waals surface area contributed by atoms with Crippen LogP contribution in [-0.2, 0) is 14.6 Å². The van der Waals surface area contributed by atoms with E-state index in [1.54, 1.807) is 20.8 Å². The second-order valence-corrected chi connectivity index (χ2v) is 9.20. The molecule has 1 amide bonds. The molecule has 144 valence electrons. The molecule has 26 heavy (non-hydrogen) atoms. The molecule has 0 spiro atoms. The highest BCUT2D eigenvalue weighted by Crippen LogP contribution is 2.24. The molecule has 0 unspecified atom stereocenters. The maximum Gasteiger partial charge on any atom is 0.410 e. The molecular formula is C16H23N3O6S. The predicted molar refractivity (Wildman–Crippen MR) is 93.5 cm³/mol. The highest BCUT2D eigenvalue weighted by atomic mass is 32.2. The lowest BCUT2D eigenvalue weighted by Crippen LogP contribution is -2.48. The van der Waals surface area contributed by atoms with Crippen molar-refractivity contribution in [2.24, 2.45) is 0 Å². The lowest BCUT2D eigenvalue weighted by atomic mass is 10.0. The van der Waals surface area contributed by atoms with Crippen LogP contribution in [-0.4, -0.2) is 53.3 Å². The van der Waals surface area contributed by atoms with Crippen LogP contribution in [0.1, 0.15) is 40.0 Å². The first-order valence-corrected chi connectivity index (χ1v) is 9.98. The van der Waals surface area contributed by atoms with E-state index in [2.05, 4.69) is 4.98 Å². The summed E-state index contributed by atoms with van der Waals surface area (Å²) in [5.74, 6) is -0.295. The number of sulfone groups is 1. The molecular weight excluding hydrogens is 362 g/mol. The Morgan fingerprint density at radius 3 is 2.62 bits per heavy atom. The number of carbonyl (C=O) groups excluding carboxylic acids is 1. The van der Waals surface area contributed by atoms with Crippen LogP contribution in [0.3, 0.4) is 0 Å². The van der Waals surface area contributed by atoms with Crippen molar-refractivity contribution in [3.05, 3.63) is 28.4 Å². The molecule has 1 fully saturated rings. The number of amides is 1. The van der Waals surface area contributed by atoms with Crippen LogP contribution in [0.15, 0.2) is 23.4 Å². The average Bonchev–Trinajstić information content (AvgIpc) is 2.53. The Morgan fingerprint density at radius 2 is 2.08 bits per heavy atom. The van der Waals surface area contributed by atoms with Gasteiger partial charge in [-0.05, 0) is 46.1 Å². The molecule has 0 N–H and O–H groups in total. The third-order valence-electron chi connectivity index (χ3n) is 3.92. The fourth-order valence-electron chi connectivity index (χ4n) is 2.74. The van der Waals surface area contributed by atoms with Crippen molar-refractivity contribution in [2.45, 2.75) is 56.7 Å². The maximum atomic E-state index is 12.6. The summed E-state index contributed by atoms with van der Waals surface area (Å²) in [6.07, 6.45) is 2.53. The van der Waals surface area contributed by atoms with E-state index < -0.39 is 32.5 Å². The van der Waals surface area contributed by atoms with Crippen molar-refractivity contribution < 1.29 is 22.9 Å². The molecule has 1 aromatic heterocycles. The summed E-state index contributed by atoms with van der Waals surface area (Å²) in [6, 6.07) is 1.71. The molecule has 2 heterocycles. The Balaban J connectivity index is 2.17. The molecule has 1 atom stereocenters. The summed E-state index contributed by atoms with van der Waals surface area (Å²) in [4.78, 5) is 27.6. The van der Waals surface area contributed by atoms with Crippen molar-refractivity contribution in [3.8, 4) is 0 Å². The molecule has 0 bridgehead atoms. The fourth-order valence-corrected chi connectivity index (χ4v) is 4.25. The molecule has 0 aromatic carbocycles. The number of pyridine rings is 1. The van der Waals surface area contributed by atoms with Crippen LogP contribution in [0.2, 0.25) is 0 Å². The van der Waals surface area contributed by atoms with Gasteiger partial charge in [0.25, 0.3) is 5.69 Å². The summed E-state index contributed by atoms with van der Waals surface area (Å²) >= 11 is 0. The van der Waals surface area contributed by atoms with Crippen LogP contribution >= 0.6 is 0 Å².